The number of benzene rings is 1. The third kappa shape index (κ3) is 5.22. The lowest BCUT2D eigenvalue weighted by atomic mass is 10.0. The normalized spacial score (nSPS) is 17.7. The summed E-state index contributed by atoms with van der Waals surface area (Å²) in [5, 5.41) is 5.76. The summed E-state index contributed by atoms with van der Waals surface area (Å²) in [6, 6.07) is 8.68. The van der Waals surface area contributed by atoms with Crippen molar-refractivity contribution in [2.45, 2.75) is 18.3 Å². The number of hydrogen-bond donors (Lipinski definition) is 2. The molecule has 0 spiro atoms. The van der Waals surface area contributed by atoms with Gasteiger partial charge in [0.15, 0.2) is 5.82 Å². The summed E-state index contributed by atoms with van der Waals surface area (Å²) in [4.78, 5) is 27.7. The van der Waals surface area contributed by atoms with E-state index in [1.807, 2.05) is 18.2 Å². The van der Waals surface area contributed by atoms with Gasteiger partial charge in [-0.25, -0.2) is 19.7 Å². The quantitative estimate of drug-likeness (QED) is 0.467. The molecule has 3 heterocycles. The molecule has 1 aromatic carbocycles. The first kappa shape index (κ1) is 22.8. The molecule has 11 nitrogen and oxygen atoms in total. The maximum atomic E-state index is 12.1. The second-order valence-corrected chi connectivity index (χ2v) is 9.84. The van der Waals surface area contributed by atoms with Crippen molar-refractivity contribution in [3.05, 3.63) is 42.4 Å². The lowest BCUT2D eigenvalue weighted by Gasteiger charge is -2.29. The Hall–Kier alpha value is -3.00. The Labute approximate surface area is 202 Å². The van der Waals surface area contributed by atoms with Crippen LogP contribution in [0.4, 0.5) is 21.4 Å². The van der Waals surface area contributed by atoms with E-state index in [0.717, 1.165) is 41.4 Å². The van der Waals surface area contributed by atoms with E-state index in [1.54, 1.807) is 12.1 Å². The molecule has 5 rings (SSSR count). The molecule has 2 aromatic heterocycles. The van der Waals surface area contributed by atoms with E-state index < -0.39 is 22.5 Å². The zero-order valence-electron chi connectivity index (χ0n) is 18.1. The van der Waals surface area contributed by atoms with Crippen molar-refractivity contribution in [3.8, 4) is 11.4 Å². The minimum atomic E-state index is -2.15. The molecule has 1 aliphatic heterocycles. The minimum absolute atomic E-state index is 0.0542. The number of urea groups is 1. The average Bonchev–Trinajstić information content (AvgIpc) is 3.44. The third-order valence-corrected chi connectivity index (χ3v) is 7.19. The molecule has 3 aromatic rings. The number of nitrogens with zero attached hydrogens (tertiary/aromatic N) is 5. The molecular formula is C21H22N7O4S2-. The molecule has 0 radical (unpaired) electrons. The highest BCUT2D eigenvalue weighted by Gasteiger charge is 2.46. The molecule has 1 saturated carbocycles. The van der Waals surface area contributed by atoms with Crippen LogP contribution in [0, 0.1) is 0 Å². The van der Waals surface area contributed by atoms with Gasteiger partial charge < -0.3 is 19.5 Å². The number of hydrogen-bond acceptors (Lipinski definition) is 10. The molecule has 0 bridgehead atoms. The van der Waals surface area contributed by atoms with Crippen molar-refractivity contribution in [1.82, 2.24) is 19.3 Å². The van der Waals surface area contributed by atoms with Gasteiger partial charge in [0.25, 0.3) is 0 Å². The molecule has 1 atom stereocenters. The summed E-state index contributed by atoms with van der Waals surface area (Å²) in [6.07, 6.45) is 2.94. The molecule has 1 unspecified atom stereocenters. The highest BCUT2D eigenvalue weighted by Crippen LogP contribution is 2.48. The topological polar surface area (TPSA) is 145 Å². The molecule has 34 heavy (non-hydrogen) atoms. The van der Waals surface area contributed by atoms with Gasteiger partial charge in [0.2, 0.25) is 5.13 Å². The highest BCUT2D eigenvalue weighted by molar-refractivity contribution is 7.79. The lowest BCUT2D eigenvalue weighted by molar-refractivity contribution is 0.122. The van der Waals surface area contributed by atoms with Gasteiger partial charge >= 0.3 is 6.03 Å². The first-order valence-corrected chi connectivity index (χ1v) is 12.8. The second kappa shape index (κ2) is 9.70. The van der Waals surface area contributed by atoms with Gasteiger partial charge in [-0.3, -0.25) is 9.53 Å². The van der Waals surface area contributed by atoms with E-state index >= 15 is 0 Å². The maximum absolute atomic E-state index is 12.1. The van der Waals surface area contributed by atoms with Gasteiger partial charge in [0.05, 0.1) is 18.9 Å². The average molecular weight is 501 g/mol. The Morgan fingerprint density at radius 1 is 1.18 bits per heavy atom. The number of amides is 2. The third-order valence-electron chi connectivity index (χ3n) is 5.82. The van der Waals surface area contributed by atoms with E-state index in [-0.39, 0.29) is 5.75 Å². The number of carbonyl (C=O) groups excluding carboxylic acids is 1. The summed E-state index contributed by atoms with van der Waals surface area (Å²) < 4.78 is 32.3. The van der Waals surface area contributed by atoms with Crippen LogP contribution in [-0.2, 0) is 21.2 Å². The Balaban J connectivity index is 1.40. The maximum Gasteiger partial charge on any atom is 0.325 e. The largest absolute Gasteiger partial charge is 0.772 e. The Morgan fingerprint density at radius 2 is 1.94 bits per heavy atom. The van der Waals surface area contributed by atoms with E-state index in [9.17, 15) is 13.6 Å². The standard InChI is InChI=1S/C21H23N7O4S2/c29-19(27-20-22-13-23-33-20)24-15-3-1-14(2-4-15)18-25-16(21(5-6-21)12-34(30)31)11-17(26-18)28-7-9-32-10-8-28/h1-4,11,13H,5-10,12H2,(H,30,31)(H2,22,23,24,27,29)/p-1. The van der Waals surface area contributed by atoms with Crippen molar-refractivity contribution in [2.24, 2.45) is 0 Å². The molecular weight excluding hydrogens is 478 g/mol. The van der Waals surface area contributed by atoms with Crippen LogP contribution < -0.4 is 15.5 Å². The van der Waals surface area contributed by atoms with E-state index in [4.69, 9.17) is 14.7 Å². The predicted molar refractivity (Wildman–Crippen MR) is 128 cm³/mol. The Bertz CT molecular complexity index is 1180. The van der Waals surface area contributed by atoms with Crippen LogP contribution in [0.25, 0.3) is 11.4 Å². The van der Waals surface area contributed by atoms with Crippen molar-refractivity contribution in [3.63, 3.8) is 0 Å². The number of rotatable bonds is 7. The van der Waals surface area contributed by atoms with Crippen LogP contribution >= 0.6 is 11.5 Å². The highest BCUT2D eigenvalue weighted by atomic mass is 32.2. The lowest BCUT2D eigenvalue weighted by Crippen LogP contribution is -2.37. The van der Waals surface area contributed by atoms with Gasteiger partial charge in [-0.05, 0) is 37.1 Å². The van der Waals surface area contributed by atoms with Gasteiger partial charge in [-0.15, -0.1) is 0 Å². The van der Waals surface area contributed by atoms with Crippen molar-refractivity contribution >= 4 is 45.3 Å². The summed E-state index contributed by atoms with van der Waals surface area (Å²) in [5.41, 5.74) is 1.67. The molecule has 2 amide bonds. The van der Waals surface area contributed by atoms with Crippen LogP contribution in [0.3, 0.4) is 0 Å². The predicted octanol–water partition coefficient (Wildman–Crippen LogP) is 2.39. The van der Waals surface area contributed by atoms with Crippen LogP contribution in [0.15, 0.2) is 36.7 Å². The first-order valence-electron chi connectivity index (χ1n) is 10.7. The molecule has 1 saturated heterocycles. The first-order chi connectivity index (χ1) is 16.5. The number of anilines is 3. The summed E-state index contributed by atoms with van der Waals surface area (Å²) in [7, 11) is 0. The fourth-order valence-electron chi connectivity index (χ4n) is 3.83. The number of ether oxygens (including phenoxy) is 1. The zero-order valence-corrected chi connectivity index (χ0v) is 19.7. The van der Waals surface area contributed by atoms with Gasteiger partial charge in [-0.2, -0.15) is 4.37 Å². The zero-order chi connectivity index (χ0) is 23.5. The van der Waals surface area contributed by atoms with Crippen molar-refractivity contribution in [2.75, 3.05) is 47.6 Å². The molecule has 2 fully saturated rings. The van der Waals surface area contributed by atoms with Crippen LogP contribution in [0.2, 0.25) is 0 Å². The molecule has 178 valence electrons. The van der Waals surface area contributed by atoms with E-state index in [1.165, 1.54) is 6.33 Å². The summed E-state index contributed by atoms with van der Waals surface area (Å²) in [5.74, 6) is 1.34. The smallest absolute Gasteiger partial charge is 0.325 e. The van der Waals surface area contributed by atoms with Crippen LogP contribution in [-0.4, -0.2) is 66.2 Å². The van der Waals surface area contributed by atoms with Gasteiger partial charge in [-0.1, -0.05) is 11.1 Å². The molecule has 2 N–H and O–H groups in total. The molecule has 1 aliphatic carbocycles. The van der Waals surface area contributed by atoms with Gasteiger partial charge in [0.1, 0.15) is 12.1 Å². The fourth-order valence-corrected chi connectivity index (χ4v) is 5.15. The summed E-state index contributed by atoms with van der Waals surface area (Å²) >= 11 is -1.07. The minimum Gasteiger partial charge on any atom is -0.772 e. The number of nitrogens with one attached hydrogen (secondary N) is 2. The van der Waals surface area contributed by atoms with Crippen molar-refractivity contribution in [1.29, 1.82) is 0 Å². The summed E-state index contributed by atoms with van der Waals surface area (Å²) in [6.45, 7) is 2.65. The second-order valence-electron chi connectivity index (χ2n) is 8.17. The number of morpholine rings is 1. The van der Waals surface area contributed by atoms with Gasteiger partial charge in [0, 0.05) is 53.1 Å². The van der Waals surface area contributed by atoms with E-state index in [2.05, 4.69) is 24.9 Å². The monoisotopic (exact) mass is 500 g/mol. The van der Waals surface area contributed by atoms with E-state index in [0.29, 0.717) is 42.9 Å². The number of aromatic nitrogens is 4. The molecule has 2 aliphatic rings. The number of carbonyl (C=O) groups is 1. The fraction of sp³-hybridized carbons (Fsp3) is 0.381. The van der Waals surface area contributed by atoms with Crippen LogP contribution in [0.5, 0.6) is 0 Å². The molecule has 13 heteroatoms. The Morgan fingerprint density at radius 3 is 2.59 bits per heavy atom. The van der Waals surface area contributed by atoms with Crippen molar-refractivity contribution < 1.29 is 18.3 Å². The van der Waals surface area contributed by atoms with Crippen LogP contribution in [0.1, 0.15) is 18.5 Å². The SMILES string of the molecule is O=C(Nc1ccc(-c2nc(N3CCOCC3)cc(C3(CS(=O)[O-])CC3)n2)cc1)Nc1ncns1. The Kier molecular flexibility index (Phi) is 6.50.